The lowest BCUT2D eigenvalue weighted by atomic mass is 10.0. The molecule has 0 radical (unpaired) electrons. The number of aryl methyl sites for hydroxylation is 2. The van der Waals surface area contributed by atoms with Gasteiger partial charge in [0.15, 0.2) is 5.96 Å². The highest BCUT2D eigenvalue weighted by atomic mass is 35.5. The molecule has 0 amide bonds. The minimum Gasteiger partial charge on any atom is -0.379 e. The molecule has 0 spiro atoms. The normalized spacial score (nSPS) is 17.4. The number of hydrogen-bond acceptors (Lipinski definition) is 4. The van der Waals surface area contributed by atoms with E-state index in [0.29, 0.717) is 0 Å². The molecule has 1 fully saturated rings. The minimum atomic E-state index is 0.194. The lowest BCUT2D eigenvalue weighted by molar-refractivity contribution is 0.0170. The maximum Gasteiger partial charge on any atom is 0.191 e. The van der Waals surface area contributed by atoms with Crippen LogP contribution in [-0.4, -0.2) is 66.6 Å². The zero-order valence-electron chi connectivity index (χ0n) is 19.3. The van der Waals surface area contributed by atoms with E-state index in [1.807, 2.05) is 30.9 Å². The Morgan fingerprint density at radius 2 is 2.03 bits per heavy atom. The summed E-state index contributed by atoms with van der Waals surface area (Å²) in [6.45, 7) is 10.4. The highest BCUT2D eigenvalue weighted by molar-refractivity contribution is 6.30. The van der Waals surface area contributed by atoms with Crippen LogP contribution in [0.5, 0.6) is 0 Å². The molecule has 2 heterocycles. The van der Waals surface area contributed by atoms with Crippen molar-refractivity contribution in [1.29, 1.82) is 0 Å². The second-order valence-electron chi connectivity index (χ2n) is 8.19. The molecule has 2 atom stereocenters. The van der Waals surface area contributed by atoms with Gasteiger partial charge < -0.3 is 15.4 Å². The summed E-state index contributed by atoms with van der Waals surface area (Å²) < 4.78 is 7.50. The Balaban J connectivity index is 1.64. The first kappa shape index (κ1) is 23.6. The van der Waals surface area contributed by atoms with Crippen molar-refractivity contribution >= 4 is 17.6 Å². The standard InChI is InChI=1S/C23H35ClN6O/c1-16(13-21-17(2)28-29(5)18(21)3)27-23(25-4)26-15-22(30-9-11-31-12-10-30)19-7-6-8-20(24)14-19/h6-8,14,16,22H,9-13,15H2,1-5H3,(H2,25,26,27). The van der Waals surface area contributed by atoms with Crippen molar-refractivity contribution in [1.82, 2.24) is 25.3 Å². The van der Waals surface area contributed by atoms with Gasteiger partial charge in [-0.25, -0.2) is 0 Å². The lowest BCUT2D eigenvalue weighted by Crippen LogP contribution is -2.48. The molecule has 2 unspecified atom stereocenters. The summed E-state index contributed by atoms with van der Waals surface area (Å²) in [4.78, 5) is 6.90. The average Bonchev–Trinajstić information content (AvgIpc) is 2.99. The van der Waals surface area contributed by atoms with Crippen LogP contribution in [0, 0.1) is 13.8 Å². The Bertz CT molecular complexity index is 890. The van der Waals surface area contributed by atoms with E-state index in [-0.39, 0.29) is 12.1 Å². The highest BCUT2D eigenvalue weighted by Crippen LogP contribution is 2.24. The first-order valence-corrected chi connectivity index (χ1v) is 11.3. The van der Waals surface area contributed by atoms with Crippen LogP contribution in [0.4, 0.5) is 0 Å². The Labute approximate surface area is 190 Å². The Kier molecular flexibility index (Phi) is 8.35. The monoisotopic (exact) mass is 446 g/mol. The van der Waals surface area contributed by atoms with Crippen LogP contribution in [-0.2, 0) is 18.2 Å². The van der Waals surface area contributed by atoms with Gasteiger partial charge in [-0.3, -0.25) is 14.6 Å². The van der Waals surface area contributed by atoms with E-state index < -0.39 is 0 Å². The summed E-state index contributed by atoms with van der Waals surface area (Å²) >= 11 is 6.28. The number of nitrogens with one attached hydrogen (secondary N) is 2. The van der Waals surface area contributed by atoms with E-state index >= 15 is 0 Å². The quantitative estimate of drug-likeness (QED) is 0.505. The third-order valence-electron chi connectivity index (χ3n) is 5.96. The molecule has 1 saturated heterocycles. The maximum absolute atomic E-state index is 6.28. The molecule has 1 aromatic carbocycles. The van der Waals surface area contributed by atoms with Crippen molar-refractivity contribution < 1.29 is 4.74 Å². The molecule has 8 heteroatoms. The molecule has 1 aliphatic heterocycles. The van der Waals surface area contributed by atoms with Gasteiger partial charge in [0.25, 0.3) is 0 Å². The van der Waals surface area contributed by atoms with Crippen molar-refractivity contribution in [3.63, 3.8) is 0 Å². The fourth-order valence-corrected chi connectivity index (χ4v) is 4.35. The first-order chi connectivity index (χ1) is 14.9. The predicted octanol–water partition coefficient (Wildman–Crippen LogP) is 2.86. The van der Waals surface area contributed by atoms with Gasteiger partial charge in [-0.05, 0) is 50.5 Å². The summed E-state index contributed by atoms with van der Waals surface area (Å²) in [6.07, 6.45) is 0.896. The van der Waals surface area contributed by atoms with Crippen LogP contribution in [0.15, 0.2) is 29.3 Å². The molecule has 2 aromatic rings. The van der Waals surface area contributed by atoms with E-state index in [2.05, 4.69) is 58.5 Å². The molecule has 31 heavy (non-hydrogen) atoms. The van der Waals surface area contributed by atoms with Crippen molar-refractivity contribution in [3.05, 3.63) is 51.8 Å². The van der Waals surface area contributed by atoms with Crippen LogP contribution < -0.4 is 10.6 Å². The van der Waals surface area contributed by atoms with Gasteiger partial charge in [0, 0.05) is 50.5 Å². The van der Waals surface area contributed by atoms with Crippen LogP contribution >= 0.6 is 11.6 Å². The molecule has 1 aliphatic rings. The number of ether oxygens (including phenoxy) is 1. The molecule has 1 aromatic heterocycles. The molecule has 0 bridgehead atoms. The van der Waals surface area contributed by atoms with E-state index in [4.69, 9.17) is 16.3 Å². The van der Waals surface area contributed by atoms with Gasteiger partial charge in [0.2, 0.25) is 0 Å². The largest absolute Gasteiger partial charge is 0.379 e. The van der Waals surface area contributed by atoms with Crippen LogP contribution in [0.3, 0.4) is 0 Å². The van der Waals surface area contributed by atoms with Gasteiger partial charge in [0.1, 0.15) is 0 Å². The Morgan fingerprint density at radius 3 is 2.65 bits per heavy atom. The molecule has 3 rings (SSSR count). The van der Waals surface area contributed by atoms with Gasteiger partial charge in [0.05, 0.1) is 24.9 Å². The van der Waals surface area contributed by atoms with Crippen LogP contribution in [0.2, 0.25) is 5.02 Å². The molecule has 7 nitrogen and oxygen atoms in total. The number of aromatic nitrogens is 2. The van der Waals surface area contributed by atoms with Crippen molar-refractivity contribution in [2.24, 2.45) is 12.0 Å². The Morgan fingerprint density at radius 1 is 1.29 bits per heavy atom. The Hall–Kier alpha value is -2.09. The smallest absolute Gasteiger partial charge is 0.191 e. The molecular weight excluding hydrogens is 412 g/mol. The third kappa shape index (κ3) is 6.21. The molecule has 170 valence electrons. The first-order valence-electron chi connectivity index (χ1n) is 10.9. The predicted molar refractivity (Wildman–Crippen MR) is 127 cm³/mol. The zero-order valence-corrected chi connectivity index (χ0v) is 20.0. The van der Waals surface area contributed by atoms with Gasteiger partial charge in [-0.1, -0.05) is 23.7 Å². The molecule has 0 aliphatic carbocycles. The summed E-state index contributed by atoms with van der Waals surface area (Å²) in [5.41, 5.74) is 4.79. The average molecular weight is 447 g/mol. The van der Waals surface area contributed by atoms with Gasteiger partial charge >= 0.3 is 0 Å². The van der Waals surface area contributed by atoms with Crippen LogP contribution in [0.25, 0.3) is 0 Å². The fraction of sp³-hybridized carbons (Fsp3) is 0.565. The number of guanidine groups is 1. The summed E-state index contributed by atoms with van der Waals surface area (Å²) in [7, 11) is 3.80. The summed E-state index contributed by atoms with van der Waals surface area (Å²) in [5, 5.41) is 12.4. The van der Waals surface area contributed by atoms with E-state index in [0.717, 1.165) is 55.9 Å². The number of hydrogen-bond donors (Lipinski definition) is 2. The number of halogens is 1. The molecule has 2 N–H and O–H groups in total. The lowest BCUT2D eigenvalue weighted by Gasteiger charge is -2.35. The van der Waals surface area contributed by atoms with E-state index in [1.165, 1.54) is 16.8 Å². The van der Waals surface area contributed by atoms with E-state index in [9.17, 15) is 0 Å². The molecular formula is C23H35ClN6O. The number of rotatable bonds is 7. The fourth-order valence-electron chi connectivity index (χ4n) is 4.15. The second kappa shape index (κ2) is 11.0. The zero-order chi connectivity index (χ0) is 22.4. The third-order valence-corrected chi connectivity index (χ3v) is 6.19. The summed E-state index contributed by atoms with van der Waals surface area (Å²) in [5.74, 6) is 0.798. The topological polar surface area (TPSA) is 66.7 Å². The van der Waals surface area contributed by atoms with Crippen molar-refractivity contribution in [3.8, 4) is 0 Å². The highest BCUT2D eigenvalue weighted by Gasteiger charge is 2.23. The minimum absolute atomic E-state index is 0.194. The van der Waals surface area contributed by atoms with E-state index in [1.54, 1.807) is 0 Å². The van der Waals surface area contributed by atoms with Gasteiger partial charge in [-0.2, -0.15) is 5.10 Å². The van der Waals surface area contributed by atoms with Crippen LogP contribution in [0.1, 0.15) is 35.5 Å². The number of aliphatic imine (C=N–C) groups is 1. The SMILES string of the molecule is CN=C(NCC(c1cccc(Cl)c1)N1CCOCC1)NC(C)Cc1c(C)nn(C)c1C. The summed E-state index contributed by atoms with van der Waals surface area (Å²) in [6, 6.07) is 8.54. The van der Waals surface area contributed by atoms with Gasteiger partial charge in [-0.15, -0.1) is 0 Å². The number of morpholine rings is 1. The maximum atomic E-state index is 6.28. The van der Waals surface area contributed by atoms with Crippen molar-refractivity contribution in [2.75, 3.05) is 39.9 Å². The second-order valence-corrected chi connectivity index (χ2v) is 8.63. The number of benzene rings is 1. The van der Waals surface area contributed by atoms with Crippen molar-refractivity contribution in [2.45, 2.75) is 39.3 Å². The molecule has 0 saturated carbocycles. The number of nitrogens with zero attached hydrogens (tertiary/aromatic N) is 4.